The highest BCUT2D eigenvalue weighted by Gasteiger charge is 2.14. The van der Waals surface area contributed by atoms with Gasteiger partial charge in [-0.25, -0.2) is 4.39 Å². The quantitative estimate of drug-likeness (QED) is 0.755. The summed E-state index contributed by atoms with van der Waals surface area (Å²) in [6.45, 7) is -0.0263. The van der Waals surface area contributed by atoms with Crippen LogP contribution in [0.3, 0.4) is 0 Å². The minimum absolute atomic E-state index is 0.0263. The van der Waals surface area contributed by atoms with E-state index in [0.717, 1.165) is 11.6 Å². The average molecular weight is 366 g/mol. The van der Waals surface area contributed by atoms with Gasteiger partial charge < -0.3 is 9.84 Å². The minimum Gasteiger partial charge on any atom is -0.343 e. The summed E-state index contributed by atoms with van der Waals surface area (Å²) < 4.78 is 18.7. The number of nitrogens with zero attached hydrogens (tertiary/aromatic N) is 2. The first kappa shape index (κ1) is 16.4. The SMILES string of the molecule is O=C(NCc1nc(-c2ccc(Cl)cc2)no1)c1ccc(Cl)cc1F. The molecule has 24 heavy (non-hydrogen) atoms. The van der Waals surface area contributed by atoms with Crippen molar-refractivity contribution in [1.29, 1.82) is 0 Å². The molecule has 0 bridgehead atoms. The molecule has 0 saturated carbocycles. The summed E-state index contributed by atoms with van der Waals surface area (Å²) >= 11 is 11.5. The number of amides is 1. The fourth-order valence-corrected chi connectivity index (χ4v) is 2.25. The molecule has 0 aliphatic heterocycles. The molecule has 1 amide bonds. The van der Waals surface area contributed by atoms with Crippen molar-refractivity contribution in [3.63, 3.8) is 0 Å². The molecular weight excluding hydrogens is 356 g/mol. The number of hydrogen-bond donors (Lipinski definition) is 1. The number of aromatic nitrogens is 2. The molecular formula is C16H10Cl2FN3O2. The largest absolute Gasteiger partial charge is 0.343 e. The van der Waals surface area contributed by atoms with Gasteiger partial charge in [-0.1, -0.05) is 28.4 Å². The lowest BCUT2D eigenvalue weighted by Gasteiger charge is -2.03. The molecule has 0 spiro atoms. The van der Waals surface area contributed by atoms with Gasteiger partial charge in [0.25, 0.3) is 5.91 Å². The van der Waals surface area contributed by atoms with Crippen molar-refractivity contribution in [3.8, 4) is 11.4 Å². The topological polar surface area (TPSA) is 68.0 Å². The maximum absolute atomic E-state index is 13.7. The molecule has 0 unspecified atom stereocenters. The van der Waals surface area contributed by atoms with E-state index in [-0.39, 0.29) is 23.0 Å². The Morgan fingerprint density at radius 1 is 1.12 bits per heavy atom. The van der Waals surface area contributed by atoms with Crippen molar-refractivity contribution in [1.82, 2.24) is 15.5 Å². The average Bonchev–Trinajstić information content (AvgIpc) is 3.02. The third-order valence-corrected chi connectivity index (χ3v) is 3.63. The number of halogens is 3. The molecule has 1 N–H and O–H groups in total. The minimum atomic E-state index is -0.701. The predicted octanol–water partition coefficient (Wildman–Crippen LogP) is 4.11. The second-order valence-corrected chi connectivity index (χ2v) is 5.70. The van der Waals surface area contributed by atoms with Gasteiger partial charge in [0.05, 0.1) is 12.1 Å². The van der Waals surface area contributed by atoms with Crippen molar-refractivity contribution < 1.29 is 13.7 Å². The summed E-state index contributed by atoms with van der Waals surface area (Å²) in [5.41, 5.74) is 0.612. The van der Waals surface area contributed by atoms with Crippen molar-refractivity contribution >= 4 is 29.1 Å². The van der Waals surface area contributed by atoms with E-state index in [4.69, 9.17) is 27.7 Å². The summed E-state index contributed by atoms with van der Waals surface area (Å²) in [7, 11) is 0. The van der Waals surface area contributed by atoms with E-state index >= 15 is 0 Å². The monoisotopic (exact) mass is 365 g/mol. The zero-order valence-electron chi connectivity index (χ0n) is 12.1. The van der Waals surface area contributed by atoms with Crippen LogP contribution in [0.15, 0.2) is 47.0 Å². The maximum Gasteiger partial charge on any atom is 0.254 e. The lowest BCUT2D eigenvalue weighted by molar-refractivity contribution is 0.0942. The van der Waals surface area contributed by atoms with Gasteiger partial charge in [0.2, 0.25) is 11.7 Å². The van der Waals surface area contributed by atoms with E-state index in [1.165, 1.54) is 12.1 Å². The van der Waals surface area contributed by atoms with E-state index in [1.807, 2.05) is 0 Å². The van der Waals surface area contributed by atoms with Gasteiger partial charge in [-0.2, -0.15) is 4.98 Å². The molecule has 0 atom stereocenters. The number of hydrogen-bond acceptors (Lipinski definition) is 4. The highest BCUT2D eigenvalue weighted by molar-refractivity contribution is 6.31. The second kappa shape index (κ2) is 6.98. The van der Waals surface area contributed by atoms with Crippen LogP contribution in [-0.4, -0.2) is 16.0 Å². The highest BCUT2D eigenvalue weighted by atomic mass is 35.5. The molecule has 5 nitrogen and oxygen atoms in total. The number of nitrogens with one attached hydrogen (secondary N) is 1. The molecule has 1 aromatic heterocycles. The van der Waals surface area contributed by atoms with E-state index in [0.29, 0.717) is 10.8 Å². The van der Waals surface area contributed by atoms with Crippen molar-refractivity contribution in [2.24, 2.45) is 0 Å². The lowest BCUT2D eigenvalue weighted by atomic mass is 10.2. The fraction of sp³-hybridized carbons (Fsp3) is 0.0625. The predicted molar refractivity (Wildman–Crippen MR) is 87.3 cm³/mol. The van der Waals surface area contributed by atoms with Crippen molar-refractivity contribution in [2.45, 2.75) is 6.54 Å². The van der Waals surface area contributed by atoms with E-state index in [2.05, 4.69) is 15.5 Å². The van der Waals surface area contributed by atoms with Gasteiger partial charge in [0.15, 0.2) is 0 Å². The number of rotatable bonds is 4. The van der Waals surface area contributed by atoms with Crippen molar-refractivity contribution in [3.05, 3.63) is 69.8 Å². The zero-order chi connectivity index (χ0) is 17.1. The van der Waals surface area contributed by atoms with Crippen LogP contribution in [0.2, 0.25) is 10.0 Å². The molecule has 1 heterocycles. The number of carbonyl (C=O) groups is 1. The van der Waals surface area contributed by atoms with Gasteiger partial charge in [-0.05, 0) is 42.5 Å². The van der Waals surface area contributed by atoms with Crippen LogP contribution < -0.4 is 5.32 Å². The molecule has 0 fully saturated rings. The first-order valence-corrected chi connectivity index (χ1v) is 7.60. The fourth-order valence-electron chi connectivity index (χ4n) is 1.97. The first-order valence-electron chi connectivity index (χ1n) is 6.85. The normalized spacial score (nSPS) is 10.6. The van der Waals surface area contributed by atoms with Gasteiger partial charge in [0.1, 0.15) is 5.82 Å². The van der Waals surface area contributed by atoms with Crippen LogP contribution in [0.4, 0.5) is 4.39 Å². The van der Waals surface area contributed by atoms with Crippen molar-refractivity contribution in [2.75, 3.05) is 0 Å². The summed E-state index contributed by atoms with van der Waals surface area (Å²) in [4.78, 5) is 16.1. The Kier molecular flexibility index (Phi) is 4.78. The summed E-state index contributed by atoms with van der Waals surface area (Å²) in [5.74, 6) is -0.737. The molecule has 0 aliphatic rings. The van der Waals surface area contributed by atoms with Crippen LogP contribution in [0.1, 0.15) is 16.2 Å². The van der Waals surface area contributed by atoms with Gasteiger partial charge in [-0.15, -0.1) is 0 Å². The Hall–Kier alpha value is -2.44. The van der Waals surface area contributed by atoms with Crippen LogP contribution in [0.25, 0.3) is 11.4 Å². The molecule has 0 aliphatic carbocycles. The number of carbonyl (C=O) groups excluding carboxylic acids is 1. The maximum atomic E-state index is 13.7. The number of benzene rings is 2. The van der Waals surface area contributed by atoms with Gasteiger partial charge in [-0.3, -0.25) is 4.79 Å². The second-order valence-electron chi connectivity index (χ2n) is 4.83. The Balaban J connectivity index is 1.67. The highest BCUT2D eigenvalue weighted by Crippen LogP contribution is 2.19. The van der Waals surface area contributed by atoms with E-state index < -0.39 is 11.7 Å². The van der Waals surface area contributed by atoms with Crippen LogP contribution in [-0.2, 0) is 6.54 Å². The van der Waals surface area contributed by atoms with Gasteiger partial charge >= 0.3 is 0 Å². The van der Waals surface area contributed by atoms with Gasteiger partial charge in [0, 0.05) is 15.6 Å². The molecule has 3 aromatic rings. The Labute approximate surface area is 146 Å². The standard InChI is InChI=1S/C16H10Cl2FN3O2/c17-10-3-1-9(2-4-10)15-21-14(24-22-15)8-20-16(23)12-6-5-11(18)7-13(12)19/h1-7H,8H2,(H,20,23). The third-order valence-electron chi connectivity index (χ3n) is 3.15. The smallest absolute Gasteiger partial charge is 0.254 e. The Morgan fingerprint density at radius 2 is 1.83 bits per heavy atom. The third kappa shape index (κ3) is 3.72. The summed E-state index contributed by atoms with van der Waals surface area (Å²) in [6.07, 6.45) is 0. The summed E-state index contributed by atoms with van der Waals surface area (Å²) in [5, 5.41) is 7.15. The molecule has 122 valence electrons. The molecule has 8 heteroatoms. The van der Waals surface area contributed by atoms with E-state index in [9.17, 15) is 9.18 Å². The lowest BCUT2D eigenvalue weighted by Crippen LogP contribution is -2.24. The zero-order valence-corrected chi connectivity index (χ0v) is 13.6. The van der Waals surface area contributed by atoms with Crippen LogP contribution in [0, 0.1) is 5.82 Å². The Bertz CT molecular complexity index is 881. The van der Waals surface area contributed by atoms with E-state index in [1.54, 1.807) is 24.3 Å². The molecule has 0 saturated heterocycles. The molecule has 2 aromatic carbocycles. The van der Waals surface area contributed by atoms with Crippen LogP contribution in [0.5, 0.6) is 0 Å². The summed E-state index contributed by atoms with van der Waals surface area (Å²) in [6, 6.07) is 10.7. The van der Waals surface area contributed by atoms with Crippen LogP contribution >= 0.6 is 23.2 Å². The Morgan fingerprint density at radius 3 is 2.54 bits per heavy atom. The molecule has 0 radical (unpaired) electrons. The first-order chi connectivity index (χ1) is 11.5. The molecule has 3 rings (SSSR count).